The molecule has 0 radical (unpaired) electrons. The lowest BCUT2D eigenvalue weighted by Crippen LogP contribution is -2.07. The van der Waals surface area contributed by atoms with Crippen molar-refractivity contribution in [3.63, 3.8) is 0 Å². The minimum Gasteiger partial charge on any atom is -0.451 e. The summed E-state index contributed by atoms with van der Waals surface area (Å²) in [6.45, 7) is -0.114. The van der Waals surface area contributed by atoms with E-state index in [1.807, 2.05) is 54.6 Å². The summed E-state index contributed by atoms with van der Waals surface area (Å²) < 4.78 is 11.7. The molecule has 6 nitrogen and oxygen atoms in total. The zero-order valence-corrected chi connectivity index (χ0v) is 15.0. The van der Waals surface area contributed by atoms with Crippen molar-refractivity contribution in [2.75, 3.05) is 0 Å². The normalized spacial score (nSPS) is 10.8. The highest BCUT2D eigenvalue weighted by Gasteiger charge is 2.13. The molecule has 0 amide bonds. The van der Waals surface area contributed by atoms with Crippen LogP contribution in [-0.2, 0) is 11.3 Å². The maximum atomic E-state index is 12.2. The van der Waals surface area contributed by atoms with Gasteiger partial charge < -0.3 is 9.15 Å². The van der Waals surface area contributed by atoms with Gasteiger partial charge in [-0.2, -0.15) is 0 Å². The third kappa shape index (κ3) is 3.48. The first-order valence-corrected chi connectivity index (χ1v) is 8.59. The van der Waals surface area contributed by atoms with Crippen LogP contribution in [0.5, 0.6) is 0 Å². The van der Waals surface area contributed by atoms with E-state index < -0.39 is 5.97 Å². The average Bonchev–Trinajstić information content (AvgIpc) is 3.15. The van der Waals surface area contributed by atoms with Crippen LogP contribution in [0.25, 0.3) is 22.4 Å². The summed E-state index contributed by atoms with van der Waals surface area (Å²) >= 11 is 3.37. The van der Waals surface area contributed by atoms with Gasteiger partial charge in [0.2, 0.25) is 5.89 Å². The van der Waals surface area contributed by atoms with Crippen molar-refractivity contribution >= 4 is 32.8 Å². The van der Waals surface area contributed by atoms with Crippen molar-refractivity contribution in [1.29, 1.82) is 0 Å². The van der Waals surface area contributed by atoms with Gasteiger partial charge in [-0.15, -0.1) is 10.2 Å². The number of aromatic nitrogens is 3. The number of carbonyl (C=O) groups is 1. The summed E-state index contributed by atoms with van der Waals surface area (Å²) in [5.41, 5.74) is 1.75. The average molecular weight is 410 g/mol. The molecule has 4 aromatic rings. The second-order valence-electron chi connectivity index (χ2n) is 5.47. The summed E-state index contributed by atoms with van der Waals surface area (Å²) in [4.78, 5) is 16.5. The van der Waals surface area contributed by atoms with E-state index in [1.165, 1.54) is 0 Å². The van der Waals surface area contributed by atoms with Crippen LogP contribution in [0.2, 0.25) is 0 Å². The number of pyridine rings is 1. The topological polar surface area (TPSA) is 78.1 Å². The van der Waals surface area contributed by atoms with Gasteiger partial charge in [-0.05, 0) is 36.4 Å². The Morgan fingerprint density at radius 1 is 1.00 bits per heavy atom. The van der Waals surface area contributed by atoms with E-state index in [9.17, 15) is 4.79 Å². The van der Waals surface area contributed by atoms with Crippen LogP contribution in [0.4, 0.5) is 0 Å². The first-order valence-electron chi connectivity index (χ1n) is 7.80. The predicted molar refractivity (Wildman–Crippen MR) is 98.3 cm³/mol. The quantitative estimate of drug-likeness (QED) is 0.464. The van der Waals surface area contributed by atoms with Gasteiger partial charge in [-0.1, -0.05) is 40.2 Å². The van der Waals surface area contributed by atoms with E-state index in [4.69, 9.17) is 9.15 Å². The number of fused-ring (bicyclic) bond motifs is 1. The van der Waals surface area contributed by atoms with Crippen LogP contribution in [0.3, 0.4) is 0 Å². The lowest BCUT2D eigenvalue weighted by Gasteiger charge is -2.03. The Morgan fingerprint density at radius 2 is 1.81 bits per heavy atom. The zero-order chi connectivity index (χ0) is 17.9. The molecular weight excluding hydrogens is 398 g/mol. The molecule has 0 unspecified atom stereocenters. The lowest BCUT2D eigenvalue weighted by molar-refractivity contribution is 0.0432. The number of para-hydroxylation sites is 1. The molecule has 0 fully saturated rings. The molecule has 2 aromatic carbocycles. The number of nitrogens with zero attached hydrogens (tertiary/aromatic N) is 3. The third-order valence-corrected chi connectivity index (χ3v) is 4.22. The Morgan fingerprint density at radius 3 is 2.65 bits per heavy atom. The summed E-state index contributed by atoms with van der Waals surface area (Å²) in [5, 5.41) is 8.83. The molecule has 0 saturated heterocycles. The van der Waals surface area contributed by atoms with E-state index in [0.717, 1.165) is 20.9 Å². The van der Waals surface area contributed by atoms with Crippen molar-refractivity contribution in [1.82, 2.24) is 15.2 Å². The van der Waals surface area contributed by atoms with Crippen LogP contribution >= 0.6 is 15.9 Å². The monoisotopic (exact) mass is 409 g/mol. The van der Waals surface area contributed by atoms with Crippen LogP contribution in [0, 0.1) is 0 Å². The second-order valence-corrected chi connectivity index (χ2v) is 6.39. The minimum absolute atomic E-state index is 0.114. The van der Waals surface area contributed by atoms with Crippen LogP contribution < -0.4 is 0 Å². The highest BCUT2D eigenvalue weighted by Crippen LogP contribution is 2.21. The number of hydrogen-bond donors (Lipinski definition) is 0. The molecule has 7 heteroatoms. The standard InChI is InChI=1S/C19H12BrN3O3/c20-14-8-5-13(6-9-14)18-23-22-17(26-18)11-25-19(24)16-10-7-12-3-1-2-4-15(12)21-16/h1-10H,11H2. The molecule has 2 aromatic heterocycles. The van der Waals surface area contributed by atoms with Crippen molar-refractivity contribution in [2.45, 2.75) is 6.61 Å². The fourth-order valence-corrected chi connectivity index (χ4v) is 2.67. The molecule has 2 heterocycles. The number of hydrogen-bond acceptors (Lipinski definition) is 6. The van der Waals surface area contributed by atoms with Crippen LogP contribution in [-0.4, -0.2) is 21.2 Å². The Hall–Kier alpha value is -3.06. The van der Waals surface area contributed by atoms with Gasteiger partial charge in [-0.25, -0.2) is 9.78 Å². The van der Waals surface area contributed by atoms with E-state index >= 15 is 0 Å². The Kier molecular flexibility index (Phi) is 4.45. The van der Waals surface area contributed by atoms with Gasteiger partial charge in [0.25, 0.3) is 5.89 Å². The summed E-state index contributed by atoms with van der Waals surface area (Å²) in [6.07, 6.45) is 0. The van der Waals surface area contributed by atoms with E-state index in [1.54, 1.807) is 6.07 Å². The molecule has 0 N–H and O–H groups in total. The molecule has 0 saturated carbocycles. The second kappa shape index (κ2) is 7.05. The van der Waals surface area contributed by atoms with E-state index in [2.05, 4.69) is 31.1 Å². The van der Waals surface area contributed by atoms with Crippen molar-refractivity contribution < 1.29 is 13.9 Å². The molecule has 4 rings (SSSR count). The molecule has 128 valence electrons. The number of carbonyl (C=O) groups excluding carboxylic acids is 1. The molecule has 0 atom stereocenters. The van der Waals surface area contributed by atoms with Crippen molar-refractivity contribution in [3.05, 3.63) is 76.7 Å². The Bertz CT molecular complexity index is 1080. The summed E-state index contributed by atoms with van der Waals surface area (Å²) in [5.74, 6) is 0.0450. The van der Waals surface area contributed by atoms with Gasteiger partial charge in [0.1, 0.15) is 5.69 Å². The largest absolute Gasteiger partial charge is 0.451 e. The van der Waals surface area contributed by atoms with E-state index in [-0.39, 0.29) is 18.2 Å². The molecule has 0 bridgehead atoms. The maximum absolute atomic E-state index is 12.2. The lowest BCUT2D eigenvalue weighted by atomic mass is 10.2. The number of ether oxygens (including phenoxy) is 1. The molecule has 0 aliphatic heterocycles. The van der Waals surface area contributed by atoms with Gasteiger partial charge in [0.15, 0.2) is 6.61 Å². The van der Waals surface area contributed by atoms with Gasteiger partial charge in [-0.3, -0.25) is 0 Å². The number of esters is 1. The fourth-order valence-electron chi connectivity index (χ4n) is 2.40. The zero-order valence-electron chi connectivity index (χ0n) is 13.4. The molecule has 0 aliphatic carbocycles. The fraction of sp³-hybridized carbons (Fsp3) is 0.0526. The van der Waals surface area contributed by atoms with Gasteiger partial charge in [0.05, 0.1) is 5.52 Å². The molecule has 0 aliphatic rings. The van der Waals surface area contributed by atoms with Crippen LogP contribution in [0.15, 0.2) is 69.6 Å². The minimum atomic E-state index is -0.542. The van der Waals surface area contributed by atoms with Gasteiger partial charge >= 0.3 is 5.97 Å². The highest BCUT2D eigenvalue weighted by atomic mass is 79.9. The summed E-state index contributed by atoms with van der Waals surface area (Å²) in [7, 11) is 0. The van der Waals surface area contributed by atoms with Crippen molar-refractivity contribution in [3.8, 4) is 11.5 Å². The predicted octanol–water partition coefficient (Wildman–Crippen LogP) is 4.40. The molecule has 26 heavy (non-hydrogen) atoms. The van der Waals surface area contributed by atoms with Crippen LogP contribution in [0.1, 0.15) is 16.4 Å². The Balaban J connectivity index is 1.45. The molecule has 0 spiro atoms. The van der Waals surface area contributed by atoms with Gasteiger partial charge in [0, 0.05) is 15.4 Å². The number of halogens is 1. The number of benzene rings is 2. The number of rotatable bonds is 4. The SMILES string of the molecule is O=C(OCc1nnc(-c2ccc(Br)cc2)o1)c1ccc2ccccc2n1. The Labute approximate surface area is 157 Å². The third-order valence-electron chi connectivity index (χ3n) is 3.69. The first-order chi connectivity index (χ1) is 12.7. The molecular formula is C19H12BrN3O3. The first kappa shape index (κ1) is 16.4. The summed E-state index contributed by atoms with van der Waals surface area (Å²) in [6, 6.07) is 18.5. The van der Waals surface area contributed by atoms with E-state index in [0.29, 0.717) is 5.89 Å². The van der Waals surface area contributed by atoms with Crippen molar-refractivity contribution in [2.24, 2.45) is 0 Å². The maximum Gasteiger partial charge on any atom is 0.357 e. The smallest absolute Gasteiger partial charge is 0.357 e. The highest BCUT2D eigenvalue weighted by molar-refractivity contribution is 9.10.